The van der Waals surface area contributed by atoms with Gasteiger partial charge in [0, 0.05) is 15.6 Å². The number of hydrogen-bond acceptors (Lipinski definition) is 2. The average Bonchev–Trinajstić information content (AvgIpc) is 2.37. The molecule has 1 atom stereocenters. The number of carbonyl (C=O) groups is 1. The highest BCUT2D eigenvalue weighted by Crippen LogP contribution is 2.22. The Morgan fingerprint density at radius 3 is 2.22 bits per heavy atom. The van der Waals surface area contributed by atoms with Gasteiger partial charge in [-0.05, 0) is 29.8 Å². The van der Waals surface area contributed by atoms with Gasteiger partial charge in [0.2, 0.25) is 0 Å². The molecule has 2 nitrogen and oxygen atoms in total. The zero-order valence-electron chi connectivity index (χ0n) is 9.31. The normalized spacial score (nSPS) is 12.2. The average molecular weight is 281 g/mol. The number of ketones is 1. The zero-order chi connectivity index (χ0) is 13.1. The highest BCUT2D eigenvalue weighted by Gasteiger charge is 2.19. The standard InChI is InChI=1S/C14H10Cl2O2/c15-11-5-1-3-9(7-11)13(17)14(18)10-4-2-6-12(16)8-10/h1-8,13,17H/t13-/m0/s1. The van der Waals surface area contributed by atoms with Crippen LogP contribution in [-0.4, -0.2) is 10.9 Å². The van der Waals surface area contributed by atoms with Gasteiger partial charge in [-0.1, -0.05) is 47.5 Å². The number of hydrogen-bond donors (Lipinski definition) is 1. The van der Waals surface area contributed by atoms with Crippen LogP contribution in [0.25, 0.3) is 0 Å². The first-order valence-electron chi connectivity index (χ1n) is 5.31. The topological polar surface area (TPSA) is 37.3 Å². The fourth-order valence-electron chi connectivity index (χ4n) is 1.63. The van der Waals surface area contributed by atoms with Crippen LogP contribution in [-0.2, 0) is 0 Å². The van der Waals surface area contributed by atoms with Crippen LogP contribution in [0.3, 0.4) is 0 Å². The molecule has 0 radical (unpaired) electrons. The van der Waals surface area contributed by atoms with Crippen molar-refractivity contribution in [3.63, 3.8) is 0 Å². The summed E-state index contributed by atoms with van der Waals surface area (Å²) in [7, 11) is 0. The van der Waals surface area contributed by atoms with E-state index >= 15 is 0 Å². The molecule has 2 aromatic rings. The van der Waals surface area contributed by atoms with Crippen molar-refractivity contribution in [2.45, 2.75) is 6.10 Å². The van der Waals surface area contributed by atoms with Crippen molar-refractivity contribution in [1.29, 1.82) is 0 Å². The molecule has 0 aliphatic rings. The van der Waals surface area contributed by atoms with Gasteiger partial charge in [-0.2, -0.15) is 0 Å². The Kier molecular flexibility index (Phi) is 4.02. The Morgan fingerprint density at radius 2 is 1.61 bits per heavy atom. The van der Waals surface area contributed by atoms with Gasteiger partial charge in [0.25, 0.3) is 0 Å². The van der Waals surface area contributed by atoms with E-state index in [2.05, 4.69) is 0 Å². The third kappa shape index (κ3) is 2.91. The van der Waals surface area contributed by atoms with Gasteiger partial charge in [-0.25, -0.2) is 0 Å². The predicted octanol–water partition coefficient (Wildman–Crippen LogP) is 3.91. The monoisotopic (exact) mass is 280 g/mol. The lowest BCUT2D eigenvalue weighted by Crippen LogP contribution is -2.12. The second-order valence-corrected chi connectivity index (χ2v) is 4.71. The second-order valence-electron chi connectivity index (χ2n) is 3.83. The number of aliphatic hydroxyl groups is 1. The molecule has 0 aliphatic carbocycles. The molecule has 4 heteroatoms. The van der Waals surface area contributed by atoms with Crippen molar-refractivity contribution >= 4 is 29.0 Å². The second kappa shape index (κ2) is 5.53. The number of rotatable bonds is 3. The van der Waals surface area contributed by atoms with E-state index in [1.165, 1.54) is 6.07 Å². The molecule has 0 spiro atoms. The van der Waals surface area contributed by atoms with Crippen molar-refractivity contribution in [3.05, 3.63) is 69.7 Å². The Balaban J connectivity index is 2.29. The summed E-state index contributed by atoms with van der Waals surface area (Å²) in [4.78, 5) is 12.1. The van der Waals surface area contributed by atoms with Crippen molar-refractivity contribution < 1.29 is 9.90 Å². The molecular weight excluding hydrogens is 271 g/mol. The number of benzene rings is 2. The van der Waals surface area contributed by atoms with Gasteiger partial charge >= 0.3 is 0 Å². The maximum absolute atomic E-state index is 12.1. The molecule has 0 bridgehead atoms. The Bertz CT molecular complexity index is 582. The molecule has 0 saturated carbocycles. The van der Waals surface area contributed by atoms with Crippen LogP contribution in [0.4, 0.5) is 0 Å². The van der Waals surface area contributed by atoms with Crippen LogP contribution in [0.2, 0.25) is 10.0 Å². The van der Waals surface area contributed by atoms with Gasteiger partial charge in [0.15, 0.2) is 5.78 Å². The van der Waals surface area contributed by atoms with Crippen molar-refractivity contribution in [1.82, 2.24) is 0 Å². The molecule has 92 valence electrons. The Labute approximate surface area is 115 Å². The first-order valence-corrected chi connectivity index (χ1v) is 6.07. The van der Waals surface area contributed by atoms with Gasteiger partial charge in [-0.15, -0.1) is 0 Å². The van der Waals surface area contributed by atoms with Gasteiger partial charge in [0.05, 0.1) is 0 Å². The van der Waals surface area contributed by atoms with Crippen molar-refractivity contribution in [3.8, 4) is 0 Å². The number of aliphatic hydroxyl groups excluding tert-OH is 1. The van der Waals surface area contributed by atoms with E-state index in [1.807, 2.05) is 0 Å². The van der Waals surface area contributed by atoms with Crippen LogP contribution in [0.15, 0.2) is 48.5 Å². The van der Waals surface area contributed by atoms with E-state index in [-0.39, 0.29) is 0 Å². The van der Waals surface area contributed by atoms with Gasteiger partial charge in [0.1, 0.15) is 6.10 Å². The number of halogens is 2. The van der Waals surface area contributed by atoms with E-state index in [1.54, 1.807) is 42.5 Å². The van der Waals surface area contributed by atoms with Crippen LogP contribution in [0.5, 0.6) is 0 Å². The quantitative estimate of drug-likeness (QED) is 0.866. The summed E-state index contributed by atoms with van der Waals surface area (Å²) in [5, 5.41) is 10.9. The lowest BCUT2D eigenvalue weighted by Gasteiger charge is -2.10. The number of Topliss-reactive ketones (excluding diaryl/α,β-unsaturated/α-hetero) is 1. The summed E-state index contributed by atoms with van der Waals surface area (Å²) < 4.78 is 0. The van der Waals surface area contributed by atoms with Crippen LogP contribution in [0.1, 0.15) is 22.0 Å². The van der Waals surface area contributed by atoms with Gasteiger partial charge in [-0.3, -0.25) is 4.79 Å². The highest BCUT2D eigenvalue weighted by molar-refractivity contribution is 6.31. The third-order valence-electron chi connectivity index (χ3n) is 2.52. The first kappa shape index (κ1) is 13.1. The molecule has 0 aromatic heterocycles. The summed E-state index contributed by atoms with van der Waals surface area (Å²) in [6, 6.07) is 13.1. The SMILES string of the molecule is O=C(c1cccc(Cl)c1)[C@@H](O)c1cccc(Cl)c1. The molecule has 1 N–H and O–H groups in total. The minimum absolute atomic E-state index is 0.370. The molecule has 0 aliphatic heterocycles. The summed E-state index contributed by atoms with van der Waals surface area (Å²) >= 11 is 11.6. The summed E-state index contributed by atoms with van der Waals surface area (Å²) in [5.41, 5.74) is 0.836. The Hall–Kier alpha value is -1.35. The highest BCUT2D eigenvalue weighted by atomic mass is 35.5. The fraction of sp³-hybridized carbons (Fsp3) is 0.0714. The Morgan fingerprint density at radius 1 is 1.00 bits per heavy atom. The summed E-state index contributed by atoms with van der Waals surface area (Å²) in [6.45, 7) is 0. The van der Waals surface area contributed by atoms with E-state index in [9.17, 15) is 9.90 Å². The van der Waals surface area contributed by atoms with E-state index in [4.69, 9.17) is 23.2 Å². The molecule has 0 heterocycles. The first-order chi connectivity index (χ1) is 8.58. The lowest BCUT2D eigenvalue weighted by atomic mass is 10.0. The third-order valence-corrected chi connectivity index (χ3v) is 2.99. The minimum Gasteiger partial charge on any atom is -0.380 e. The zero-order valence-corrected chi connectivity index (χ0v) is 10.8. The van der Waals surface area contributed by atoms with Crippen LogP contribution in [0, 0.1) is 0 Å². The van der Waals surface area contributed by atoms with E-state index in [0.717, 1.165) is 0 Å². The molecule has 2 rings (SSSR count). The smallest absolute Gasteiger partial charge is 0.195 e. The molecule has 0 amide bonds. The molecule has 18 heavy (non-hydrogen) atoms. The molecule has 0 unspecified atom stereocenters. The molecular formula is C14H10Cl2O2. The van der Waals surface area contributed by atoms with E-state index < -0.39 is 11.9 Å². The molecule has 0 saturated heterocycles. The maximum Gasteiger partial charge on any atom is 0.195 e. The van der Waals surface area contributed by atoms with Crippen LogP contribution >= 0.6 is 23.2 Å². The van der Waals surface area contributed by atoms with Crippen molar-refractivity contribution in [2.75, 3.05) is 0 Å². The summed E-state index contributed by atoms with van der Waals surface area (Å²) in [6.07, 6.45) is -1.23. The maximum atomic E-state index is 12.1. The molecule has 2 aromatic carbocycles. The fourth-order valence-corrected chi connectivity index (χ4v) is 2.02. The van der Waals surface area contributed by atoms with Crippen molar-refractivity contribution in [2.24, 2.45) is 0 Å². The summed E-state index contributed by atoms with van der Waals surface area (Å²) in [5.74, 6) is -0.403. The van der Waals surface area contributed by atoms with Crippen LogP contribution < -0.4 is 0 Å². The number of carbonyl (C=O) groups excluding carboxylic acids is 1. The lowest BCUT2D eigenvalue weighted by molar-refractivity contribution is 0.0747. The largest absolute Gasteiger partial charge is 0.380 e. The van der Waals surface area contributed by atoms with E-state index in [0.29, 0.717) is 21.2 Å². The molecule has 0 fully saturated rings. The van der Waals surface area contributed by atoms with Gasteiger partial charge < -0.3 is 5.11 Å². The minimum atomic E-state index is -1.23. The predicted molar refractivity (Wildman–Crippen MR) is 72.2 cm³/mol.